The van der Waals surface area contributed by atoms with Crippen molar-refractivity contribution < 1.29 is 15.0 Å². The van der Waals surface area contributed by atoms with Gasteiger partial charge in [-0.05, 0) is 79.6 Å². The Balaban J connectivity index is 1.72. The molecule has 0 aromatic carbocycles. The van der Waals surface area contributed by atoms with Crippen LogP contribution in [0.2, 0.25) is 0 Å². The van der Waals surface area contributed by atoms with Crippen molar-refractivity contribution in [2.24, 2.45) is 28.6 Å². The summed E-state index contributed by atoms with van der Waals surface area (Å²) in [6.07, 6.45) is 8.90. The number of aliphatic carboxylic acids is 1. The first-order valence-electron chi connectivity index (χ1n) is 8.94. The van der Waals surface area contributed by atoms with Gasteiger partial charge in [-0.25, -0.2) is 0 Å². The van der Waals surface area contributed by atoms with E-state index in [1.807, 2.05) is 0 Å². The Kier molecular flexibility index (Phi) is 2.93. The summed E-state index contributed by atoms with van der Waals surface area (Å²) in [5.74, 6) is 0.159. The highest BCUT2D eigenvalue weighted by Gasteiger charge is 2.65. The molecule has 0 aliphatic heterocycles. The molecule has 3 heteroatoms. The molecule has 0 radical (unpaired) electrons. The van der Waals surface area contributed by atoms with Crippen LogP contribution in [-0.4, -0.2) is 21.8 Å². The summed E-state index contributed by atoms with van der Waals surface area (Å²) >= 11 is 0. The van der Waals surface area contributed by atoms with E-state index in [0.29, 0.717) is 11.8 Å². The minimum atomic E-state index is -0.624. The van der Waals surface area contributed by atoms with Gasteiger partial charge in [0, 0.05) is 0 Å². The molecule has 0 aromatic rings. The quantitative estimate of drug-likeness (QED) is 0.725. The van der Waals surface area contributed by atoms with Crippen LogP contribution in [0.15, 0.2) is 12.2 Å². The van der Waals surface area contributed by atoms with Crippen molar-refractivity contribution in [1.82, 2.24) is 0 Å². The van der Waals surface area contributed by atoms with Gasteiger partial charge in [-0.2, -0.15) is 0 Å². The molecule has 0 unspecified atom stereocenters. The van der Waals surface area contributed by atoms with Gasteiger partial charge in [0.2, 0.25) is 0 Å². The molecule has 2 bridgehead atoms. The van der Waals surface area contributed by atoms with Crippen LogP contribution in [0.25, 0.3) is 0 Å². The van der Waals surface area contributed by atoms with Gasteiger partial charge in [0.15, 0.2) is 0 Å². The van der Waals surface area contributed by atoms with E-state index in [4.69, 9.17) is 0 Å². The largest absolute Gasteiger partial charge is 0.481 e. The van der Waals surface area contributed by atoms with Crippen molar-refractivity contribution in [3.8, 4) is 0 Å². The van der Waals surface area contributed by atoms with Crippen LogP contribution in [0.5, 0.6) is 0 Å². The van der Waals surface area contributed by atoms with E-state index in [1.165, 1.54) is 6.42 Å². The first-order valence-corrected chi connectivity index (χ1v) is 8.94. The summed E-state index contributed by atoms with van der Waals surface area (Å²) in [4.78, 5) is 11.7. The van der Waals surface area contributed by atoms with Gasteiger partial charge in [-0.3, -0.25) is 4.79 Å². The molecule has 4 aliphatic carbocycles. The molecule has 3 nitrogen and oxygen atoms in total. The molecular formula is C19H28O3. The second-order valence-corrected chi connectivity index (χ2v) is 8.93. The smallest absolute Gasteiger partial charge is 0.306 e. The zero-order chi connectivity index (χ0) is 15.8. The van der Waals surface area contributed by atoms with Crippen LogP contribution in [0.4, 0.5) is 0 Å². The lowest BCUT2D eigenvalue weighted by Crippen LogP contribution is -2.56. The number of carboxylic acids is 1. The fourth-order valence-corrected chi connectivity index (χ4v) is 7.19. The molecule has 4 aliphatic rings. The Morgan fingerprint density at radius 1 is 1.23 bits per heavy atom. The molecule has 2 N–H and O–H groups in total. The standard InChI is InChI=1S/C19H28O3/c1-12-10-18-8-5-14-13(16(20)21)4-3-7-17(14,2)15(18)6-9-19(12,22)11-18/h13-15,22H,1,3-11H2,2H3,(H,20,21)/t13-,14-,15+,17-,18-,19+/m1/s1. The molecule has 22 heavy (non-hydrogen) atoms. The number of rotatable bonds is 1. The van der Waals surface area contributed by atoms with E-state index in [9.17, 15) is 15.0 Å². The lowest BCUT2D eigenvalue weighted by molar-refractivity contribution is -0.167. The molecule has 4 fully saturated rings. The Hall–Kier alpha value is -0.830. The van der Waals surface area contributed by atoms with Crippen molar-refractivity contribution in [2.75, 3.05) is 0 Å². The van der Waals surface area contributed by atoms with Crippen molar-refractivity contribution in [3.63, 3.8) is 0 Å². The third-order valence-electron chi connectivity index (χ3n) is 8.08. The van der Waals surface area contributed by atoms with Crippen molar-refractivity contribution in [2.45, 2.75) is 70.3 Å². The summed E-state index contributed by atoms with van der Waals surface area (Å²) in [6, 6.07) is 0. The van der Waals surface area contributed by atoms with Crippen LogP contribution in [0, 0.1) is 28.6 Å². The monoisotopic (exact) mass is 304 g/mol. The van der Waals surface area contributed by atoms with Gasteiger partial charge in [0.25, 0.3) is 0 Å². The van der Waals surface area contributed by atoms with Gasteiger partial charge in [-0.15, -0.1) is 0 Å². The fraction of sp³-hybridized carbons (Fsp3) is 0.842. The molecule has 0 heterocycles. The zero-order valence-electron chi connectivity index (χ0n) is 13.6. The number of aliphatic hydroxyl groups is 1. The highest BCUT2D eigenvalue weighted by molar-refractivity contribution is 5.70. The molecule has 6 atom stereocenters. The Morgan fingerprint density at radius 2 is 2.00 bits per heavy atom. The topological polar surface area (TPSA) is 57.5 Å². The van der Waals surface area contributed by atoms with Crippen molar-refractivity contribution >= 4 is 5.97 Å². The Labute approximate surface area is 132 Å². The lowest BCUT2D eigenvalue weighted by atomic mass is 9.43. The maximum Gasteiger partial charge on any atom is 0.306 e. The van der Waals surface area contributed by atoms with Gasteiger partial charge in [0.05, 0.1) is 11.5 Å². The third kappa shape index (κ3) is 1.69. The Bertz CT molecular complexity index is 541. The number of carbonyl (C=O) groups is 1. The molecule has 0 amide bonds. The highest BCUT2D eigenvalue weighted by atomic mass is 16.4. The minimum Gasteiger partial charge on any atom is -0.481 e. The van der Waals surface area contributed by atoms with Gasteiger partial charge in [-0.1, -0.05) is 19.9 Å². The predicted molar refractivity (Wildman–Crippen MR) is 84.3 cm³/mol. The van der Waals surface area contributed by atoms with Crippen molar-refractivity contribution in [1.29, 1.82) is 0 Å². The number of hydrogen-bond donors (Lipinski definition) is 2. The maximum atomic E-state index is 11.7. The van der Waals surface area contributed by atoms with E-state index in [2.05, 4.69) is 13.5 Å². The number of carboxylic acid groups (broad SMARTS) is 1. The molecule has 1 spiro atoms. The van der Waals surface area contributed by atoms with Gasteiger partial charge in [0.1, 0.15) is 0 Å². The SMILES string of the molecule is C=C1C[C@@]23CC[C@@H]4[C@H](C(=O)O)CCC[C@@]4(C)[C@@H]2CC[C@]1(O)C3. The fourth-order valence-electron chi connectivity index (χ4n) is 7.19. The number of hydrogen-bond acceptors (Lipinski definition) is 2. The van der Waals surface area contributed by atoms with Gasteiger partial charge < -0.3 is 10.2 Å². The molecule has 122 valence electrons. The molecule has 4 saturated carbocycles. The Morgan fingerprint density at radius 3 is 2.73 bits per heavy atom. The van der Waals surface area contributed by atoms with Crippen LogP contribution in [0.1, 0.15) is 64.7 Å². The third-order valence-corrected chi connectivity index (χ3v) is 8.08. The van der Waals surface area contributed by atoms with Crippen LogP contribution in [0.3, 0.4) is 0 Å². The number of fused-ring (bicyclic) bond motifs is 3. The van der Waals surface area contributed by atoms with Crippen molar-refractivity contribution in [3.05, 3.63) is 12.2 Å². The molecule has 0 saturated heterocycles. The maximum absolute atomic E-state index is 11.7. The zero-order valence-corrected chi connectivity index (χ0v) is 13.6. The predicted octanol–water partition coefficient (Wildman–Crippen LogP) is 3.76. The highest BCUT2D eigenvalue weighted by Crippen LogP contribution is 2.71. The summed E-state index contributed by atoms with van der Waals surface area (Å²) in [7, 11) is 0. The van der Waals surface area contributed by atoms with E-state index < -0.39 is 11.6 Å². The van der Waals surface area contributed by atoms with E-state index >= 15 is 0 Å². The summed E-state index contributed by atoms with van der Waals surface area (Å²) in [5, 5.41) is 20.5. The first-order chi connectivity index (χ1) is 10.3. The van der Waals surface area contributed by atoms with Crippen LogP contribution in [-0.2, 0) is 4.79 Å². The molecule has 4 rings (SSSR count). The normalized spacial score (nSPS) is 53.7. The van der Waals surface area contributed by atoms with Gasteiger partial charge >= 0.3 is 5.97 Å². The lowest BCUT2D eigenvalue weighted by Gasteiger charge is -2.61. The van der Waals surface area contributed by atoms with E-state index in [-0.39, 0.29) is 16.7 Å². The summed E-state index contributed by atoms with van der Waals surface area (Å²) < 4.78 is 0. The average Bonchev–Trinajstić information content (AvgIpc) is 2.62. The molecular weight excluding hydrogens is 276 g/mol. The van der Waals surface area contributed by atoms with E-state index in [1.54, 1.807) is 0 Å². The average molecular weight is 304 g/mol. The second kappa shape index (κ2) is 4.37. The minimum absolute atomic E-state index is 0.144. The summed E-state index contributed by atoms with van der Waals surface area (Å²) in [5.41, 5.74) is 0.768. The van der Waals surface area contributed by atoms with Crippen LogP contribution >= 0.6 is 0 Å². The first kappa shape index (κ1) is 14.7. The van der Waals surface area contributed by atoms with E-state index in [0.717, 1.165) is 56.9 Å². The van der Waals surface area contributed by atoms with Crippen LogP contribution < -0.4 is 0 Å². The summed E-state index contributed by atoms with van der Waals surface area (Å²) in [6.45, 7) is 6.55. The second-order valence-electron chi connectivity index (χ2n) is 8.93. The molecule has 0 aromatic heterocycles.